The molecule has 0 saturated carbocycles. The molecule has 0 radical (unpaired) electrons. The molecule has 0 aliphatic rings. The fourth-order valence-electron chi connectivity index (χ4n) is 7.99. The summed E-state index contributed by atoms with van der Waals surface area (Å²) in [5.74, 6) is 0. The molecule has 0 N–H and O–H groups in total. The number of anilines is 3. The summed E-state index contributed by atoms with van der Waals surface area (Å²) in [6.45, 7) is 0. The Balaban J connectivity index is 1.04. The van der Waals surface area contributed by atoms with Crippen molar-refractivity contribution in [1.29, 1.82) is 0 Å². The third kappa shape index (κ3) is 6.26. The maximum Gasteiger partial charge on any atom is 0.0462 e. The van der Waals surface area contributed by atoms with Gasteiger partial charge in [0, 0.05) is 42.8 Å². The number of rotatable bonds is 8. The van der Waals surface area contributed by atoms with Crippen molar-refractivity contribution in [1.82, 2.24) is 0 Å². The van der Waals surface area contributed by atoms with Crippen molar-refractivity contribution in [2.24, 2.45) is 0 Å². The Hall–Kier alpha value is -7.00. The summed E-state index contributed by atoms with van der Waals surface area (Å²) in [5, 5.41) is 2.64. The third-order valence-electron chi connectivity index (χ3n) is 10.7. The number of nitrogens with zero attached hydrogens (tertiary/aromatic N) is 1. The van der Waals surface area contributed by atoms with E-state index in [-0.39, 0.29) is 0 Å². The maximum atomic E-state index is 2.36. The molecular formula is C54H37NS. The van der Waals surface area contributed by atoms with E-state index >= 15 is 0 Å². The Morgan fingerprint density at radius 2 is 0.625 bits per heavy atom. The van der Waals surface area contributed by atoms with Crippen LogP contribution in [-0.2, 0) is 0 Å². The Bertz CT molecular complexity index is 2930. The molecule has 0 fully saturated rings. The lowest BCUT2D eigenvalue weighted by Gasteiger charge is -2.26. The average molecular weight is 732 g/mol. The molecule has 1 aromatic heterocycles. The summed E-state index contributed by atoms with van der Waals surface area (Å²) in [6, 6.07) is 81.1. The Morgan fingerprint density at radius 1 is 0.250 bits per heavy atom. The zero-order chi connectivity index (χ0) is 37.3. The first-order chi connectivity index (χ1) is 27.8. The molecule has 0 saturated heterocycles. The van der Waals surface area contributed by atoms with Gasteiger partial charge in [-0.2, -0.15) is 0 Å². The van der Waals surface area contributed by atoms with E-state index in [1.54, 1.807) is 0 Å². The molecule has 1 nitrogen and oxygen atoms in total. The first-order valence-electron chi connectivity index (χ1n) is 19.1. The van der Waals surface area contributed by atoms with Crippen LogP contribution in [0, 0.1) is 0 Å². The Morgan fingerprint density at radius 3 is 1.20 bits per heavy atom. The van der Waals surface area contributed by atoms with E-state index < -0.39 is 0 Å². The number of benzene rings is 9. The topological polar surface area (TPSA) is 3.24 Å². The standard InChI is InChI=1S/C54H37NS/c1-3-14-38(15-4-1)39-26-32-43(33-27-39)55(44-34-28-41(29-35-44)47-19-8-7-18-46(47)40-16-5-2-6-17-40)45-36-30-42(31-37-45)48-20-9-10-21-49(48)51-23-13-24-52-50-22-11-12-25-53(50)56-54(51)52/h1-37H. The van der Waals surface area contributed by atoms with Gasteiger partial charge in [-0.05, 0) is 92.5 Å². The highest BCUT2D eigenvalue weighted by atomic mass is 32.1. The number of thiophene rings is 1. The van der Waals surface area contributed by atoms with Gasteiger partial charge in [0.25, 0.3) is 0 Å². The van der Waals surface area contributed by atoms with Crippen molar-refractivity contribution >= 4 is 48.6 Å². The van der Waals surface area contributed by atoms with Crippen LogP contribution in [0.2, 0.25) is 0 Å². The van der Waals surface area contributed by atoms with Crippen LogP contribution in [0.25, 0.3) is 75.8 Å². The second kappa shape index (κ2) is 14.7. The van der Waals surface area contributed by atoms with Crippen LogP contribution < -0.4 is 4.90 Å². The highest BCUT2D eigenvalue weighted by molar-refractivity contribution is 7.26. The van der Waals surface area contributed by atoms with E-state index in [4.69, 9.17) is 0 Å². The number of hydrogen-bond donors (Lipinski definition) is 0. The van der Waals surface area contributed by atoms with Gasteiger partial charge >= 0.3 is 0 Å². The fraction of sp³-hybridized carbons (Fsp3) is 0. The molecule has 56 heavy (non-hydrogen) atoms. The van der Waals surface area contributed by atoms with E-state index in [9.17, 15) is 0 Å². The van der Waals surface area contributed by atoms with Crippen molar-refractivity contribution in [3.63, 3.8) is 0 Å². The Labute approximate surface area is 332 Å². The number of fused-ring (bicyclic) bond motifs is 3. The molecule has 264 valence electrons. The predicted octanol–water partition coefficient (Wildman–Crippen LogP) is 15.9. The SMILES string of the molecule is c1ccc(-c2ccc(N(c3ccc(-c4ccccc4-c4ccccc4)cc3)c3ccc(-c4ccccc4-c4cccc5c4sc4ccccc45)cc3)cc2)cc1. The monoisotopic (exact) mass is 731 g/mol. The first kappa shape index (κ1) is 33.6. The van der Waals surface area contributed by atoms with Gasteiger partial charge in [0.2, 0.25) is 0 Å². The van der Waals surface area contributed by atoms with Gasteiger partial charge in [-0.3, -0.25) is 0 Å². The predicted molar refractivity (Wildman–Crippen MR) is 241 cm³/mol. The van der Waals surface area contributed by atoms with Gasteiger partial charge in [-0.15, -0.1) is 11.3 Å². The highest BCUT2D eigenvalue weighted by Crippen LogP contribution is 2.44. The van der Waals surface area contributed by atoms with Gasteiger partial charge in [0.05, 0.1) is 0 Å². The summed E-state index contributed by atoms with van der Waals surface area (Å²) in [4.78, 5) is 2.36. The summed E-state index contributed by atoms with van der Waals surface area (Å²) in [6.07, 6.45) is 0. The lowest BCUT2D eigenvalue weighted by molar-refractivity contribution is 1.28. The van der Waals surface area contributed by atoms with E-state index in [1.807, 2.05) is 11.3 Å². The largest absolute Gasteiger partial charge is 0.311 e. The molecular weight excluding hydrogens is 695 g/mol. The van der Waals surface area contributed by atoms with E-state index in [2.05, 4.69) is 229 Å². The molecule has 0 amide bonds. The van der Waals surface area contributed by atoms with Crippen molar-refractivity contribution in [3.05, 3.63) is 224 Å². The van der Waals surface area contributed by atoms with Crippen LogP contribution in [0.15, 0.2) is 224 Å². The van der Waals surface area contributed by atoms with E-state index in [0.717, 1.165) is 17.1 Å². The van der Waals surface area contributed by atoms with Crippen molar-refractivity contribution in [2.45, 2.75) is 0 Å². The zero-order valence-corrected chi connectivity index (χ0v) is 31.5. The molecule has 2 heteroatoms. The normalized spacial score (nSPS) is 11.2. The molecule has 0 atom stereocenters. The van der Waals surface area contributed by atoms with Crippen molar-refractivity contribution in [2.75, 3.05) is 4.90 Å². The molecule has 9 aromatic carbocycles. The minimum absolute atomic E-state index is 1.10. The zero-order valence-electron chi connectivity index (χ0n) is 30.7. The quantitative estimate of drug-likeness (QED) is 0.150. The molecule has 0 aliphatic carbocycles. The van der Waals surface area contributed by atoms with Crippen molar-refractivity contribution in [3.8, 4) is 55.6 Å². The smallest absolute Gasteiger partial charge is 0.0462 e. The van der Waals surface area contributed by atoms with Crippen LogP contribution >= 0.6 is 11.3 Å². The van der Waals surface area contributed by atoms with Gasteiger partial charge < -0.3 is 4.90 Å². The van der Waals surface area contributed by atoms with Crippen molar-refractivity contribution < 1.29 is 0 Å². The molecule has 0 unspecified atom stereocenters. The van der Waals surface area contributed by atoms with Crippen LogP contribution in [0.5, 0.6) is 0 Å². The molecule has 10 aromatic rings. The highest BCUT2D eigenvalue weighted by Gasteiger charge is 2.17. The summed E-state index contributed by atoms with van der Waals surface area (Å²) < 4.78 is 2.65. The molecule has 0 bridgehead atoms. The molecule has 0 aliphatic heterocycles. The van der Waals surface area contributed by atoms with Crippen LogP contribution in [0.3, 0.4) is 0 Å². The maximum absolute atomic E-state index is 2.36. The van der Waals surface area contributed by atoms with Gasteiger partial charge in [-0.25, -0.2) is 0 Å². The molecule has 0 spiro atoms. The second-order valence-electron chi connectivity index (χ2n) is 14.1. The van der Waals surface area contributed by atoms with Crippen LogP contribution in [0.1, 0.15) is 0 Å². The van der Waals surface area contributed by atoms with Gasteiger partial charge in [0.1, 0.15) is 0 Å². The number of hydrogen-bond acceptors (Lipinski definition) is 2. The van der Waals surface area contributed by atoms with Gasteiger partial charge in [-0.1, -0.05) is 182 Å². The summed E-state index contributed by atoms with van der Waals surface area (Å²) in [5.41, 5.74) is 15.5. The summed E-state index contributed by atoms with van der Waals surface area (Å²) in [7, 11) is 0. The minimum Gasteiger partial charge on any atom is -0.311 e. The van der Waals surface area contributed by atoms with Crippen LogP contribution in [0.4, 0.5) is 17.1 Å². The Kier molecular flexibility index (Phi) is 8.79. The van der Waals surface area contributed by atoms with E-state index in [0.29, 0.717) is 0 Å². The average Bonchev–Trinajstić information content (AvgIpc) is 3.67. The first-order valence-corrected chi connectivity index (χ1v) is 19.9. The van der Waals surface area contributed by atoms with Gasteiger partial charge in [0.15, 0.2) is 0 Å². The molecule has 10 rings (SSSR count). The molecule has 1 heterocycles. The van der Waals surface area contributed by atoms with Crippen LogP contribution in [-0.4, -0.2) is 0 Å². The van der Waals surface area contributed by atoms with E-state index in [1.165, 1.54) is 75.8 Å². The third-order valence-corrected chi connectivity index (χ3v) is 12.0. The lowest BCUT2D eigenvalue weighted by Crippen LogP contribution is -2.09. The summed E-state index contributed by atoms with van der Waals surface area (Å²) >= 11 is 1.88. The minimum atomic E-state index is 1.10. The second-order valence-corrected chi connectivity index (χ2v) is 15.1. The lowest BCUT2D eigenvalue weighted by atomic mass is 9.93. The fourth-order valence-corrected chi connectivity index (χ4v) is 9.22.